The van der Waals surface area contributed by atoms with Gasteiger partial charge in [-0.2, -0.15) is 0 Å². The third-order valence-electron chi connectivity index (χ3n) is 9.71. The average Bonchev–Trinajstić information content (AvgIpc) is 2.91. The van der Waals surface area contributed by atoms with Gasteiger partial charge in [0.25, 0.3) is 0 Å². The first kappa shape index (κ1) is 29.3. The number of carbonyl (C=O) groups is 2. The molecule has 5 unspecified atom stereocenters. The number of nitrogens with one attached hydrogen (secondary N) is 1. The molecule has 5 rings (SSSR count). The van der Waals surface area contributed by atoms with E-state index in [4.69, 9.17) is 17.3 Å². The highest BCUT2D eigenvalue weighted by Gasteiger charge is 2.72. The van der Waals surface area contributed by atoms with E-state index < -0.39 is 52.7 Å². The van der Waals surface area contributed by atoms with Crippen molar-refractivity contribution in [1.29, 1.82) is 0 Å². The number of hydrogen-bond donors (Lipinski definition) is 4. The number of benzene rings is 3. The molecule has 0 aromatic heterocycles. The van der Waals surface area contributed by atoms with Crippen LogP contribution in [-0.4, -0.2) is 52.3 Å². The van der Waals surface area contributed by atoms with Crippen LogP contribution in [0, 0.1) is 22.7 Å². The molecule has 0 aliphatic carbocycles. The SMILES string of the molecule is CC(C)C1(C(=O)O)C(C)NC(N)C(C(=O)O)(C2CN(C(c3ccccc3)c3ccccc3)C2)C1c1ccccc1Cl. The van der Waals surface area contributed by atoms with E-state index in [1.54, 1.807) is 31.2 Å². The molecule has 216 valence electrons. The molecule has 5 atom stereocenters. The maximum Gasteiger partial charge on any atom is 0.313 e. The van der Waals surface area contributed by atoms with Gasteiger partial charge < -0.3 is 15.9 Å². The van der Waals surface area contributed by atoms with E-state index in [-0.39, 0.29) is 6.04 Å². The topological polar surface area (TPSA) is 116 Å². The van der Waals surface area contributed by atoms with E-state index in [1.165, 1.54) is 0 Å². The molecule has 0 amide bonds. The molecule has 3 aromatic rings. The van der Waals surface area contributed by atoms with Crippen molar-refractivity contribution in [1.82, 2.24) is 10.2 Å². The van der Waals surface area contributed by atoms with Crippen molar-refractivity contribution in [3.63, 3.8) is 0 Å². The summed E-state index contributed by atoms with van der Waals surface area (Å²) in [5, 5.41) is 25.7. The lowest BCUT2D eigenvalue weighted by molar-refractivity contribution is -0.193. The van der Waals surface area contributed by atoms with E-state index in [9.17, 15) is 19.8 Å². The molecule has 2 aliphatic rings. The Hall–Kier alpha value is -3.23. The molecule has 2 heterocycles. The van der Waals surface area contributed by atoms with Gasteiger partial charge in [-0.3, -0.25) is 19.8 Å². The number of rotatable bonds is 8. The Morgan fingerprint density at radius 2 is 1.41 bits per heavy atom. The second-order valence-electron chi connectivity index (χ2n) is 11.8. The lowest BCUT2D eigenvalue weighted by atomic mass is 9.45. The first-order chi connectivity index (χ1) is 19.6. The summed E-state index contributed by atoms with van der Waals surface area (Å²) >= 11 is 6.77. The lowest BCUT2D eigenvalue weighted by Crippen LogP contribution is -2.78. The highest BCUT2D eigenvalue weighted by molar-refractivity contribution is 6.31. The second kappa shape index (κ2) is 11.2. The van der Waals surface area contributed by atoms with Crippen molar-refractivity contribution in [3.8, 4) is 0 Å². The number of nitrogens with two attached hydrogens (primary N) is 1. The first-order valence-corrected chi connectivity index (χ1v) is 14.5. The van der Waals surface area contributed by atoms with Crippen LogP contribution in [0.2, 0.25) is 5.02 Å². The van der Waals surface area contributed by atoms with E-state index in [0.717, 1.165) is 11.1 Å². The lowest BCUT2D eigenvalue weighted by Gasteiger charge is -2.63. The minimum atomic E-state index is -1.64. The van der Waals surface area contributed by atoms with Crippen LogP contribution < -0.4 is 11.1 Å². The molecule has 0 radical (unpaired) electrons. The van der Waals surface area contributed by atoms with Gasteiger partial charge >= 0.3 is 11.9 Å². The van der Waals surface area contributed by atoms with Gasteiger partial charge in [-0.1, -0.05) is 104 Å². The van der Waals surface area contributed by atoms with Crippen LogP contribution in [0.4, 0.5) is 0 Å². The summed E-state index contributed by atoms with van der Waals surface area (Å²) in [5.41, 5.74) is 6.40. The monoisotopic (exact) mass is 575 g/mol. The van der Waals surface area contributed by atoms with E-state index >= 15 is 0 Å². The summed E-state index contributed by atoms with van der Waals surface area (Å²) in [6.07, 6.45) is -0.999. The normalized spacial score (nSPS) is 28.9. The number of carboxylic acid groups (broad SMARTS) is 2. The number of nitrogens with zero attached hydrogens (tertiary/aromatic N) is 1. The highest BCUT2D eigenvalue weighted by Crippen LogP contribution is 2.63. The molecule has 5 N–H and O–H groups in total. The first-order valence-electron chi connectivity index (χ1n) is 14.1. The average molecular weight is 576 g/mol. The number of carboxylic acids is 2. The van der Waals surface area contributed by atoms with Gasteiger partial charge in [0.1, 0.15) is 5.41 Å². The van der Waals surface area contributed by atoms with Crippen LogP contribution in [0.5, 0.6) is 0 Å². The fourth-order valence-corrected chi connectivity index (χ4v) is 8.06. The molecule has 0 saturated carbocycles. The number of likely N-dealkylation sites (tertiary alicyclic amines) is 1. The third kappa shape index (κ3) is 4.47. The van der Waals surface area contributed by atoms with Crippen LogP contribution in [0.1, 0.15) is 49.4 Å². The Bertz CT molecular complexity index is 1360. The summed E-state index contributed by atoms with van der Waals surface area (Å²) in [4.78, 5) is 29.3. The Balaban J connectivity index is 1.66. The fourth-order valence-electron chi connectivity index (χ4n) is 7.81. The second-order valence-corrected chi connectivity index (χ2v) is 12.2. The predicted molar refractivity (Wildman–Crippen MR) is 160 cm³/mol. The summed E-state index contributed by atoms with van der Waals surface area (Å²) in [7, 11) is 0. The quantitative estimate of drug-likeness (QED) is 0.291. The largest absolute Gasteiger partial charge is 0.481 e. The van der Waals surface area contributed by atoms with E-state index in [0.29, 0.717) is 23.7 Å². The molecule has 2 saturated heterocycles. The van der Waals surface area contributed by atoms with Crippen LogP contribution >= 0.6 is 11.6 Å². The van der Waals surface area contributed by atoms with Gasteiger partial charge in [0.05, 0.1) is 17.6 Å². The number of aliphatic carboxylic acids is 2. The van der Waals surface area contributed by atoms with Crippen molar-refractivity contribution in [2.75, 3.05) is 13.1 Å². The van der Waals surface area contributed by atoms with Crippen molar-refractivity contribution in [2.45, 2.75) is 44.9 Å². The van der Waals surface area contributed by atoms with Crippen LogP contribution in [-0.2, 0) is 9.59 Å². The van der Waals surface area contributed by atoms with Crippen molar-refractivity contribution >= 4 is 23.5 Å². The van der Waals surface area contributed by atoms with Gasteiger partial charge in [-0.15, -0.1) is 0 Å². The smallest absolute Gasteiger partial charge is 0.313 e. The summed E-state index contributed by atoms with van der Waals surface area (Å²) < 4.78 is 0. The van der Waals surface area contributed by atoms with Crippen molar-refractivity contribution in [3.05, 3.63) is 107 Å². The summed E-state index contributed by atoms with van der Waals surface area (Å²) in [5.74, 6) is -4.01. The Morgan fingerprint density at radius 1 is 0.902 bits per heavy atom. The van der Waals surface area contributed by atoms with Gasteiger partial charge in [0, 0.05) is 36.0 Å². The Morgan fingerprint density at radius 3 is 1.88 bits per heavy atom. The van der Waals surface area contributed by atoms with Crippen LogP contribution in [0.15, 0.2) is 84.9 Å². The van der Waals surface area contributed by atoms with Crippen LogP contribution in [0.25, 0.3) is 0 Å². The molecule has 3 aromatic carbocycles. The van der Waals surface area contributed by atoms with Crippen molar-refractivity contribution < 1.29 is 19.8 Å². The Kier molecular flexibility index (Phi) is 8.01. The number of hydrogen-bond acceptors (Lipinski definition) is 5. The predicted octanol–water partition coefficient (Wildman–Crippen LogP) is 5.22. The molecular weight excluding hydrogens is 538 g/mol. The molecule has 0 bridgehead atoms. The van der Waals surface area contributed by atoms with E-state index in [1.807, 2.05) is 50.2 Å². The standard InChI is InChI=1S/C33H38ClN3O4/c1-20(2)32(30(38)39)21(3)36-29(35)33(31(40)41,28(32)25-16-10-11-17-26(25)34)24-18-37(19-24)27(22-12-6-4-7-13-22)23-14-8-5-9-15-23/h4-17,20-21,24,27-29,36H,18-19,35H2,1-3H3,(H,38,39)(H,40,41). The maximum absolute atomic E-state index is 13.7. The third-order valence-corrected chi connectivity index (χ3v) is 10.1. The molecule has 2 aliphatic heterocycles. The number of piperidine rings is 1. The van der Waals surface area contributed by atoms with Gasteiger partial charge in [-0.05, 0) is 35.6 Å². The molecule has 41 heavy (non-hydrogen) atoms. The minimum Gasteiger partial charge on any atom is -0.481 e. The summed E-state index contributed by atoms with van der Waals surface area (Å²) in [6.45, 7) is 6.33. The molecule has 2 fully saturated rings. The van der Waals surface area contributed by atoms with Gasteiger partial charge in [0.2, 0.25) is 0 Å². The maximum atomic E-state index is 13.7. The molecule has 7 nitrogen and oxygen atoms in total. The zero-order valence-electron chi connectivity index (χ0n) is 23.6. The van der Waals surface area contributed by atoms with E-state index in [2.05, 4.69) is 34.5 Å². The molecular formula is C33H38ClN3O4. The summed E-state index contributed by atoms with van der Waals surface area (Å²) in [6, 6.07) is 26.6. The Labute approximate surface area is 246 Å². The number of halogens is 1. The van der Waals surface area contributed by atoms with Gasteiger partial charge in [0.15, 0.2) is 0 Å². The minimum absolute atomic E-state index is 0.0840. The van der Waals surface area contributed by atoms with Crippen molar-refractivity contribution in [2.24, 2.45) is 28.4 Å². The zero-order chi connectivity index (χ0) is 29.5. The molecule has 8 heteroatoms. The van der Waals surface area contributed by atoms with Gasteiger partial charge in [-0.25, -0.2) is 0 Å². The zero-order valence-corrected chi connectivity index (χ0v) is 24.3. The highest BCUT2D eigenvalue weighted by atomic mass is 35.5. The fraction of sp³-hybridized carbons (Fsp3) is 0.394. The molecule has 0 spiro atoms. The van der Waals surface area contributed by atoms with Crippen LogP contribution in [0.3, 0.4) is 0 Å².